The second kappa shape index (κ2) is 7.75. The van der Waals surface area contributed by atoms with Crippen LogP contribution in [-0.2, 0) is 14.3 Å². The number of hydrogen-bond acceptors (Lipinski definition) is 4. The maximum Gasteiger partial charge on any atom is 0.309 e. The number of rotatable bonds is 1. The van der Waals surface area contributed by atoms with Crippen LogP contribution in [0, 0.1) is 5.92 Å². The lowest BCUT2D eigenvalue weighted by Gasteiger charge is -2.22. The van der Waals surface area contributed by atoms with Gasteiger partial charge in [-0.2, -0.15) is 0 Å². The number of hydrogen-bond donors (Lipinski definition) is 2. The first-order chi connectivity index (χ1) is 10.6. The molecule has 1 heterocycles. The van der Waals surface area contributed by atoms with Crippen molar-refractivity contribution in [2.75, 3.05) is 6.61 Å². The quantitative estimate of drug-likeness (QED) is 0.611. The zero-order chi connectivity index (χ0) is 15.9. The Morgan fingerprint density at radius 3 is 2.55 bits per heavy atom. The summed E-state index contributed by atoms with van der Waals surface area (Å²) in [5.74, 6) is -0.716. The Hall–Kier alpha value is -2.14. The highest BCUT2D eigenvalue weighted by molar-refractivity contribution is 5.82. The van der Waals surface area contributed by atoms with Gasteiger partial charge in [-0.1, -0.05) is 49.4 Å². The summed E-state index contributed by atoms with van der Waals surface area (Å²) in [6, 6.07) is 8.44. The van der Waals surface area contributed by atoms with Crippen LogP contribution in [-0.4, -0.2) is 24.5 Å². The predicted molar refractivity (Wildman–Crippen MR) is 83.8 cm³/mol. The molecule has 0 radical (unpaired) electrons. The summed E-state index contributed by atoms with van der Waals surface area (Å²) in [4.78, 5) is 24.1. The minimum absolute atomic E-state index is 0.107. The SMILES string of the molecule is C[C@@H]1C/C=C/C[C@@H](N)C(=O)NC(c2ccccc2)COC1=O. The van der Waals surface area contributed by atoms with Gasteiger partial charge < -0.3 is 15.8 Å². The van der Waals surface area contributed by atoms with E-state index in [1.165, 1.54) is 0 Å². The Bertz CT molecular complexity index is 542. The Balaban J connectivity index is 2.19. The molecule has 1 aromatic carbocycles. The third-order valence-electron chi connectivity index (χ3n) is 3.70. The second-order valence-electron chi connectivity index (χ2n) is 5.55. The minimum Gasteiger partial charge on any atom is -0.463 e. The Morgan fingerprint density at radius 2 is 1.82 bits per heavy atom. The lowest BCUT2D eigenvalue weighted by atomic mass is 10.0. The van der Waals surface area contributed by atoms with Crippen LogP contribution in [0.2, 0.25) is 0 Å². The first kappa shape index (κ1) is 16.2. The summed E-state index contributed by atoms with van der Waals surface area (Å²) in [7, 11) is 0. The predicted octanol–water partition coefficient (Wildman–Crippen LogP) is 1.70. The van der Waals surface area contributed by atoms with Crippen LogP contribution in [0.1, 0.15) is 31.4 Å². The fourth-order valence-electron chi connectivity index (χ4n) is 2.24. The van der Waals surface area contributed by atoms with Gasteiger partial charge in [0.2, 0.25) is 5.91 Å². The Morgan fingerprint density at radius 1 is 1.14 bits per heavy atom. The van der Waals surface area contributed by atoms with Crippen LogP contribution in [0.4, 0.5) is 0 Å². The number of ether oxygens (including phenoxy) is 1. The van der Waals surface area contributed by atoms with Gasteiger partial charge in [-0.05, 0) is 18.4 Å². The summed E-state index contributed by atoms with van der Waals surface area (Å²) in [6.45, 7) is 1.93. The molecule has 22 heavy (non-hydrogen) atoms. The average Bonchev–Trinajstić information content (AvgIpc) is 2.54. The van der Waals surface area contributed by atoms with Crippen molar-refractivity contribution in [3.63, 3.8) is 0 Å². The van der Waals surface area contributed by atoms with Crippen molar-refractivity contribution >= 4 is 11.9 Å². The van der Waals surface area contributed by atoms with Gasteiger partial charge in [-0.25, -0.2) is 0 Å². The average molecular weight is 302 g/mol. The first-order valence-corrected chi connectivity index (χ1v) is 7.50. The summed E-state index contributed by atoms with van der Waals surface area (Å²) in [5, 5.41) is 2.86. The molecule has 118 valence electrons. The molecule has 2 rings (SSSR count). The molecule has 3 atom stereocenters. The highest BCUT2D eigenvalue weighted by atomic mass is 16.5. The van der Waals surface area contributed by atoms with Crippen molar-refractivity contribution in [2.45, 2.75) is 31.8 Å². The van der Waals surface area contributed by atoms with Gasteiger partial charge >= 0.3 is 5.97 Å². The van der Waals surface area contributed by atoms with E-state index in [1.807, 2.05) is 49.4 Å². The van der Waals surface area contributed by atoms with E-state index in [1.54, 1.807) is 0 Å². The molecule has 0 aromatic heterocycles. The van der Waals surface area contributed by atoms with E-state index in [0.717, 1.165) is 5.56 Å². The van der Waals surface area contributed by atoms with Gasteiger partial charge in [0.15, 0.2) is 0 Å². The third-order valence-corrected chi connectivity index (χ3v) is 3.70. The van der Waals surface area contributed by atoms with Crippen molar-refractivity contribution in [3.05, 3.63) is 48.0 Å². The number of nitrogens with two attached hydrogens (primary N) is 1. The number of amides is 1. The molecule has 0 aliphatic carbocycles. The van der Waals surface area contributed by atoms with Gasteiger partial charge in [0.1, 0.15) is 6.61 Å². The maximum absolute atomic E-state index is 12.1. The van der Waals surface area contributed by atoms with E-state index >= 15 is 0 Å². The van der Waals surface area contributed by atoms with Crippen LogP contribution < -0.4 is 11.1 Å². The molecular weight excluding hydrogens is 280 g/mol. The van der Waals surface area contributed by atoms with Crippen LogP contribution in [0.3, 0.4) is 0 Å². The smallest absolute Gasteiger partial charge is 0.309 e. The third kappa shape index (κ3) is 4.43. The molecule has 5 heteroatoms. The number of carbonyl (C=O) groups is 2. The zero-order valence-electron chi connectivity index (χ0n) is 12.7. The van der Waals surface area contributed by atoms with Gasteiger partial charge in [0, 0.05) is 0 Å². The molecule has 0 spiro atoms. The minimum atomic E-state index is -0.604. The fourth-order valence-corrected chi connectivity index (χ4v) is 2.24. The van der Waals surface area contributed by atoms with Crippen LogP contribution in [0.15, 0.2) is 42.5 Å². The lowest BCUT2D eigenvalue weighted by molar-refractivity contribution is -0.149. The van der Waals surface area contributed by atoms with Crippen molar-refractivity contribution in [1.82, 2.24) is 5.32 Å². The summed E-state index contributed by atoms with van der Waals surface area (Å²) < 4.78 is 5.35. The summed E-state index contributed by atoms with van der Waals surface area (Å²) in [6.07, 6.45) is 4.75. The van der Waals surface area contributed by atoms with E-state index in [4.69, 9.17) is 10.5 Å². The van der Waals surface area contributed by atoms with Gasteiger partial charge in [0.05, 0.1) is 18.0 Å². The molecule has 0 saturated carbocycles. The van der Waals surface area contributed by atoms with Crippen LogP contribution in [0.25, 0.3) is 0 Å². The molecule has 1 unspecified atom stereocenters. The van der Waals surface area contributed by atoms with Crippen molar-refractivity contribution in [3.8, 4) is 0 Å². The van der Waals surface area contributed by atoms with E-state index in [0.29, 0.717) is 12.8 Å². The number of nitrogens with one attached hydrogen (secondary N) is 1. The molecule has 0 saturated heterocycles. The molecule has 0 fully saturated rings. The van der Waals surface area contributed by atoms with Crippen molar-refractivity contribution in [2.24, 2.45) is 11.7 Å². The largest absolute Gasteiger partial charge is 0.463 e. The maximum atomic E-state index is 12.1. The van der Waals surface area contributed by atoms with E-state index < -0.39 is 6.04 Å². The summed E-state index contributed by atoms with van der Waals surface area (Å²) >= 11 is 0. The monoisotopic (exact) mass is 302 g/mol. The summed E-state index contributed by atoms with van der Waals surface area (Å²) in [5.41, 5.74) is 6.77. The molecule has 0 bridgehead atoms. The molecule has 5 nitrogen and oxygen atoms in total. The molecule has 1 aliphatic heterocycles. The standard InChI is InChI=1S/C17H22N2O3/c1-12-7-5-6-10-14(18)16(20)19-15(11-22-17(12)21)13-8-3-2-4-9-13/h2-6,8-9,12,14-15H,7,10-11,18H2,1H3,(H,19,20)/b6-5+/t12-,14-,15?/m1/s1. The number of esters is 1. The fraction of sp³-hybridized carbons (Fsp3) is 0.412. The number of allylic oxidation sites excluding steroid dienone is 1. The first-order valence-electron chi connectivity index (χ1n) is 7.50. The highest BCUT2D eigenvalue weighted by Gasteiger charge is 2.22. The van der Waals surface area contributed by atoms with E-state index in [9.17, 15) is 9.59 Å². The Kier molecular flexibility index (Phi) is 5.72. The lowest BCUT2D eigenvalue weighted by Crippen LogP contribution is -2.43. The van der Waals surface area contributed by atoms with Crippen molar-refractivity contribution in [1.29, 1.82) is 0 Å². The number of carbonyl (C=O) groups excluding carboxylic acids is 2. The second-order valence-corrected chi connectivity index (χ2v) is 5.55. The van der Waals surface area contributed by atoms with E-state index in [2.05, 4.69) is 5.32 Å². The molecule has 3 N–H and O–H groups in total. The van der Waals surface area contributed by atoms with Crippen LogP contribution >= 0.6 is 0 Å². The van der Waals surface area contributed by atoms with Gasteiger partial charge in [0.25, 0.3) is 0 Å². The van der Waals surface area contributed by atoms with Gasteiger partial charge in [-0.15, -0.1) is 0 Å². The van der Waals surface area contributed by atoms with Crippen LogP contribution in [0.5, 0.6) is 0 Å². The Labute approximate surface area is 130 Å². The normalized spacial score (nSPS) is 28.7. The zero-order valence-corrected chi connectivity index (χ0v) is 12.7. The van der Waals surface area contributed by atoms with Crippen molar-refractivity contribution < 1.29 is 14.3 Å². The van der Waals surface area contributed by atoms with E-state index in [-0.39, 0.29) is 30.4 Å². The van der Waals surface area contributed by atoms with Gasteiger partial charge in [-0.3, -0.25) is 9.59 Å². The molecule has 1 amide bonds. The number of cyclic esters (lactones) is 1. The molecule has 1 aromatic rings. The molecule has 1 aliphatic rings. The highest BCUT2D eigenvalue weighted by Crippen LogP contribution is 2.16. The molecular formula is C17H22N2O3. The topological polar surface area (TPSA) is 81.4 Å². The number of benzene rings is 1.